The van der Waals surface area contributed by atoms with Crippen molar-refractivity contribution in [3.8, 4) is 11.4 Å². The van der Waals surface area contributed by atoms with Gasteiger partial charge in [-0.25, -0.2) is 4.98 Å². The second kappa shape index (κ2) is 6.71. The van der Waals surface area contributed by atoms with E-state index in [1.54, 1.807) is 0 Å². The summed E-state index contributed by atoms with van der Waals surface area (Å²) in [7, 11) is 0. The van der Waals surface area contributed by atoms with Gasteiger partial charge in [0, 0.05) is 30.0 Å². The third kappa shape index (κ3) is 2.56. The molecule has 0 amide bonds. The van der Waals surface area contributed by atoms with E-state index in [9.17, 15) is 0 Å². The lowest BCUT2D eigenvalue weighted by molar-refractivity contribution is 0.669. The lowest BCUT2D eigenvalue weighted by Gasteiger charge is -2.30. The summed E-state index contributed by atoms with van der Waals surface area (Å²) in [6.07, 6.45) is 0.0167. The van der Waals surface area contributed by atoms with Gasteiger partial charge in [0.05, 0.1) is 11.0 Å². The highest BCUT2D eigenvalue weighted by molar-refractivity contribution is 5.86. The van der Waals surface area contributed by atoms with Crippen molar-refractivity contribution in [2.24, 2.45) is 0 Å². The number of anilines is 2. The van der Waals surface area contributed by atoms with E-state index in [1.807, 2.05) is 0 Å². The molecule has 1 aliphatic heterocycles. The molecule has 2 heterocycles. The van der Waals surface area contributed by atoms with Gasteiger partial charge in [-0.2, -0.15) is 0 Å². The smallest absolute Gasteiger partial charge is 0.145 e. The molecule has 0 saturated heterocycles. The lowest BCUT2D eigenvalue weighted by atomic mass is 10.1. The van der Waals surface area contributed by atoms with Gasteiger partial charge in [-0.1, -0.05) is 36.4 Å². The molecule has 1 aliphatic rings. The van der Waals surface area contributed by atoms with Gasteiger partial charge in [-0.3, -0.25) is 4.57 Å². The van der Waals surface area contributed by atoms with Crippen LogP contribution in [-0.2, 0) is 0 Å². The zero-order valence-electron chi connectivity index (χ0n) is 16.3. The van der Waals surface area contributed by atoms with Crippen molar-refractivity contribution in [1.29, 1.82) is 0 Å². The number of hydrogen-bond acceptors (Lipinski definition) is 3. The molecule has 4 heteroatoms. The predicted molar refractivity (Wildman–Crippen MR) is 117 cm³/mol. The van der Waals surface area contributed by atoms with E-state index in [-0.39, 0.29) is 6.17 Å². The van der Waals surface area contributed by atoms with Gasteiger partial charge in [0.25, 0.3) is 0 Å². The summed E-state index contributed by atoms with van der Waals surface area (Å²) in [5.74, 6) is 1.02. The average molecular weight is 368 g/mol. The van der Waals surface area contributed by atoms with Crippen LogP contribution in [0.15, 0.2) is 72.8 Å². The maximum absolute atomic E-state index is 4.96. The summed E-state index contributed by atoms with van der Waals surface area (Å²) in [6.45, 7) is 6.42. The van der Waals surface area contributed by atoms with Crippen molar-refractivity contribution in [3.63, 3.8) is 0 Å². The molecule has 4 aromatic rings. The molecule has 0 fully saturated rings. The first kappa shape index (κ1) is 16.9. The average Bonchev–Trinajstić information content (AvgIpc) is 3.15. The summed E-state index contributed by atoms with van der Waals surface area (Å²) in [4.78, 5) is 7.32. The Labute approximate surface area is 165 Å². The van der Waals surface area contributed by atoms with E-state index in [4.69, 9.17) is 4.98 Å². The van der Waals surface area contributed by atoms with Crippen LogP contribution in [0, 0.1) is 0 Å². The number of para-hydroxylation sites is 3. The van der Waals surface area contributed by atoms with Gasteiger partial charge >= 0.3 is 0 Å². The Balaban J connectivity index is 1.66. The summed E-state index contributed by atoms with van der Waals surface area (Å²) in [5, 5.41) is 3.73. The van der Waals surface area contributed by atoms with Crippen molar-refractivity contribution in [2.45, 2.75) is 20.0 Å². The highest BCUT2D eigenvalue weighted by Gasteiger charge is 2.27. The molecule has 0 aliphatic carbocycles. The topological polar surface area (TPSA) is 33.1 Å². The Hall–Kier alpha value is -3.27. The van der Waals surface area contributed by atoms with Crippen LogP contribution in [0.25, 0.3) is 22.4 Å². The molecule has 1 N–H and O–H groups in total. The van der Waals surface area contributed by atoms with E-state index < -0.39 is 0 Å². The fraction of sp³-hybridized carbons (Fsp3) is 0.208. The third-order valence-corrected chi connectivity index (χ3v) is 5.65. The van der Waals surface area contributed by atoms with Crippen molar-refractivity contribution >= 4 is 22.4 Å². The summed E-state index contributed by atoms with van der Waals surface area (Å²) >= 11 is 0. The predicted octanol–water partition coefficient (Wildman–Crippen LogP) is 5.52. The minimum atomic E-state index is 0.0167. The Morgan fingerprint density at radius 3 is 2.39 bits per heavy atom. The molecule has 140 valence electrons. The monoisotopic (exact) mass is 368 g/mol. The zero-order valence-corrected chi connectivity index (χ0v) is 16.3. The standard InChI is InChI=1S/C24H24N4/c1-3-27(4-2)18-15-13-17(14-16-18)23-25-20-10-6-5-9-19(20)24-26-21-11-7-8-12-22(21)28(23)24/h5-16,23,25H,3-4H2,1-2H3. The first-order valence-electron chi connectivity index (χ1n) is 9.98. The maximum atomic E-state index is 4.96. The highest BCUT2D eigenvalue weighted by atomic mass is 15.2. The van der Waals surface area contributed by atoms with Crippen LogP contribution < -0.4 is 10.2 Å². The van der Waals surface area contributed by atoms with Crippen molar-refractivity contribution < 1.29 is 0 Å². The number of nitrogens with zero attached hydrogens (tertiary/aromatic N) is 3. The molecule has 3 aromatic carbocycles. The Morgan fingerprint density at radius 1 is 0.893 bits per heavy atom. The summed E-state index contributed by atoms with van der Waals surface area (Å²) in [6, 6.07) is 25.7. The number of benzene rings is 3. The molecule has 0 radical (unpaired) electrons. The second-order valence-electron chi connectivity index (χ2n) is 7.15. The van der Waals surface area contributed by atoms with Gasteiger partial charge in [-0.05, 0) is 55.8 Å². The van der Waals surface area contributed by atoms with E-state index in [0.29, 0.717) is 0 Å². The Kier molecular flexibility index (Phi) is 4.05. The van der Waals surface area contributed by atoms with Crippen molar-refractivity contribution in [1.82, 2.24) is 9.55 Å². The van der Waals surface area contributed by atoms with E-state index in [2.05, 4.69) is 101 Å². The SMILES string of the molecule is CCN(CC)c1ccc(C2Nc3ccccc3-c3nc4ccccc4n32)cc1. The molecular weight excluding hydrogens is 344 g/mol. The molecule has 28 heavy (non-hydrogen) atoms. The van der Waals surface area contributed by atoms with Crippen LogP contribution in [0.1, 0.15) is 25.6 Å². The van der Waals surface area contributed by atoms with Crippen LogP contribution in [0.2, 0.25) is 0 Å². The Bertz CT molecular complexity index is 1120. The van der Waals surface area contributed by atoms with Crippen molar-refractivity contribution in [3.05, 3.63) is 78.4 Å². The largest absolute Gasteiger partial charge is 0.372 e. The first-order chi connectivity index (χ1) is 13.8. The number of fused-ring (bicyclic) bond motifs is 5. The summed E-state index contributed by atoms with van der Waals surface area (Å²) in [5.41, 5.74) is 6.95. The maximum Gasteiger partial charge on any atom is 0.145 e. The molecule has 1 aromatic heterocycles. The number of hydrogen-bond donors (Lipinski definition) is 1. The molecular formula is C24H24N4. The molecule has 4 nitrogen and oxygen atoms in total. The number of nitrogens with one attached hydrogen (secondary N) is 1. The number of aromatic nitrogens is 2. The minimum Gasteiger partial charge on any atom is -0.372 e. The molecule has 0 spiro atoms. The van der Waals surface area contributed by atoms with Crippen LogP contribution in [0.4, 0.5) is 11.4 Å². The third-order valence-electron chi connectivity index (χ3n) is 5.65. The van der Waals surface area contributed by atoms with Crippen LogP contribution in [-0.4, -0.2) is 22.6 Å². The van der Waals surface area contributed by atoms with Gasteiger partial charge in [0.2, 0.25) is 0 Å². The highest BCUT2D eigenvalue weighted by Crippen LogP contribution is 2.40. The van der Waals surface area contributed by atoms with E-state index in [0.717, 1.165) is 41.2 Å². The fourth-order valence-electron chi connectivity index (χ4n) is 4.20. The normalized spacial score (nSPS) is 15.0. The van der Waals surface area contributed by atoms with Crippen molar-refractivity contribution in [2.75, 3.05) is 23.3 Å². The molecule has 0 bridgehead atoms. The van der Waals surface area contributed by atoms with Crippen LogP contribution in [0.5, 0.6) is 0 Å². The number of rotatable bonds is 4. The van der Waals surface area contributed by atoms with E-state index in [1.165, 1.54) is 11.3 Å². The molecule has 5 rings (SSSR count). The number of imidazole rings is 1. The first-order valence-corrected chi connectivity index (χ1v) is 9.98. The molecule has 1 unspecified atom stereocenters. The quantitative estimate of drug-likeness (QED) is 0.515. The van der Waals surface area contributed by atoms with Gasteiger partial charge in [-0.15, -0.1) is 0 Å². The minimum absolute atomic E-state index is 0.0167. The Morgan fingerprint density at radius 2 is 1.61 bits per heavy atom. The van der Waals surface area contributed by atoms with Gasteiger partial charge in [0.1, 0.15) is 12.0 Å². The van der Waals surface area contributed by atoms with Gasteiger partial charge in [0.15, 0.2) is 0 Å². The van der Waals surface area contributed by atoms with Crippen LogP contribution >= 0.6 is 0 Å². The summed E-state index contributed by atoms with van der Waals surface area (Å²) < 4.78 is 2.32. The molecule has 1 atom stereocenters. The van der Waals surface area contributed by atoms with Gasteiger partial charge < -0.3 is 10.2 Å². The fourth-order valence-corrected chi connectivity index (χ4v) is 4.20. The lowest BCUT2D eigenvalue weighted by Crippen LogP contribution is -2.25. The zero-order chi connectivity index (χ0) is 19.1. The van der Waals surface area contributed by atoms with E-state index >= 15 is 0 Å². The van der Waals surface area contributed by atoms with Crippen LogP contribution in [0.3, 0.4) is 0 Å². The second-order valence-corrected chi connectivity index (χ2v) is 7.15. The molecule has 0 saturated carbocycles.